The van der Waals surface area contributed by atoms with Crippen molar-refractivity contribution < 1.29 is 4.74 Å². The van der Waals surface area contributed by atoms with Crippen molar-refractivity contribution in [1.29, 1.82) is 0 Å². The molecule has 0 amide bonds. The van der Waals surface area contributed by atoms with Crippen LogP contribution in [0.15, 0.2) is 33.7 Å². The zero-order valence-corrected chi connectivity index (χ0v) is 11.7. The highest BCUT2D eigenvalue weighted by atomic mass is 79.9. The van der Waals surface area contributed by atoms with Gasteiger partial charge < -0.3 is 10.1 Å². The largest absolute Gasteiger partial charge is 0.487 e. The Kier molecular flexibility index (Phi) is 5.36. The third kappa shape index (κ3) is 4.36. The Labute approximate surface area is 107 Å². The molecule has 0 unspecified atom stereocenters. The fourth-order valence-corrected chi connectivity index (χ4v) is 1.79. The van der Waals surface area contributed by atoms with Crippen molar-refractivity contribution in [2.45, 2.75) is 6.54 Å². The average Bonchev–Trinajstić information content (AvgIpc) is 2.17. The van der Waals surface area contributed by atoms with Crippen molar-refractivity contribution >= 4 is 31.9 Å². The quantitative estimate of drug-likeness (QED) is 0.890. The summed E-state index contributed by atoms with van der Waals surface area (Å²) in [5.74, 6) is 0.829. The van der Waals surface area contributed by atoms with Crippen LogP contribution in [0.25, 0.3) is 0 Å². The van der Waals surface area contributed by atoms with E-state index >= 15 is 0 Å². The fourth-order valence-electron chi connectivity index (χ4n) is 1.13. The van der Waals surface area contributed by atoms with Crippen LogP contribution < -0.4 is 10.1 Å². The summed E-state index contributed by atoms with van der Waals surface area (Å²) >= 11 is 6.72. The van der Waals surface area contributed by atoms with Crippen molar-refractivity contribution in [1.82, 2.24) is 5.32 Å². The molecule has 0 heterocycles. The van der Waals surface area contributed by atoms with Gasteiger partial charge in [-0.1, -0.05) is 28.6 Å². The molecule has 4 heteroatoms. The third-order valence-corrected chi connectivity index (χ3v) is 2.61. The number of nitrogens with one attached hydrogen (secondary N) is 1. The maximum Gasteiger partial charge on any atom is 0.134 e. The smallest absolute Gasteiger partial charge is 0.134 e. The first-order valence-electron chi connectivity index (χ1n) is 4.52. The third-order valence-electron chi connectivity index (χ3n) is 1.76. The van der Waals surface area contributed by atoms with Crippen LogP contribution >= 0.6 is 31.9 Å². The first-order chi connectivity index (χ1) is 7.13. The Morgan fingerprint density at radius 3 is 2.80 bits per heavy atom. The van der Waals surface area contributed by atoms with Crippen molar-refractivity contribution in [2.75, 3.05) is 13.7 Å². The van der Waals surface area contributed by atoms with E-state index < -0.39 is 0 Å². The monoisotopic (exact) mass is 333 g/mol. The lowest BCUT2D eigenvalue weighted by Gasteiger charge is -2.08. The lowest BCUT2D eigenvalue weighted by atomic mass is 10.2. The predicted octanol–water partition coefficient (Wildman–Crippen LogP) is 3.46. The summed E-state index contributed by atoms with van der Waals surface area (Å²) in [4.78, 5) is 0. The summed E-state index contributed by atoms with van der Waals surface area (Å²) in [5, 5.41) is 3.10. The number of benzene rings is 1. The molecule has 0 aliphatic heterocycles. The molecule has 0 saturated carbocycles. The highest BCUT2D eigenvalue weighted by Crippen LogP contribution is 2.26. The number of hydrogen-bond acceptors (Lipinski definition) is 2. The molecule has 1 N–H and O–H groups in total. The summed E-state index contributed by atoms with van der Waals surface area (Å²) in [7, 11) is 1.92. The zero-order chi connectivity index (χ0) is 11.3. The van der Waals surface area contributed by atoms with E-state index in [1.54, 1.807) is 0 Å². The number of ether oxygens (including phenoxy) is 1. The Bertz CT molecular complexity index is 352. The van der Waals surface area contributed by atoms with Gasteiger partial charge in [-0.25, -0.2) is 0 Å². The van der Waals surface area contributed by atoms with Crippen LogP contribution in [0, 0.1) is 0 Å². The molecule has 0 atom stereocenters. The van der Waals surface area contributed by atoms with E-state index in [-0.39, 0.29) is 0 Å². The topological polar surface area (TPSA) is 21.3 Å². The van der Waals surface area contributed by atoms with Crippen LogP contribution in [0.3, 0.4) is 0 Å². The zero-order valence-electron chi connectivity index (χ0n) is 8.52. The van der Waals surface area contributed by atoms with Crippen LogP contribution in [-0.4, -0.2) is 13.7 Å². The van der Waals surface area contributed by atoms with E-state index in [0.717, 1.165) is 21.2 Å². The van der Waals surface area contributed by atoms with E-state index in [4.69, 9.17) is 4.74 Å². The van der Waals surface area contributed by atoms with Crippen LogP contribution in [0.5, 0.6) is 5.75 Å². The van der Waals surface area contributed by atoms with Crippen molar-refractivity contribution in [3.8, 4) is 5.75 Å². The summed E-state index contributed by atoms with van der Waals surface area (Å²) in [6, 6.07) is 6.03. The highest BCUT2D eigenvalue weighted by molar-refractivity contribution is 9.11. The molecule has 15 heavy (non-hydrogen) atoms. The second-order valence-electron chi connectivity index (χ2n) is 3.10. The Morgan fingerprint density at radius 1 is 1.53 bits per heavy atom. The van der Waals surface area contributed by atoms with Crippen LogP contribution in [0.1, 0.15) is 5.56 Å². The van der Waals surface area contributed by atoms with E-state index in [1.165, 1.54) is 5.56 Å². The maximum absolute atomic E-state index is 5.52. The number of hydrogen-bond donors (Lipinski definition) is 1. The molecule has 0 saturated heterocycles. The molecule has 1 aromatic rings. The SMILES string of the molecule is C=C(Br)COc1ccc(CNC)cc1Br. The molecule has 0 radical (unpaired) electrons. The van der Waals surface area contributed by atoms with E-state index in [2.05, 4.69) is 43.8 Å². The van der Waals surface area contributed by atoms with Gasteiger partial charge in [-0.15, -0.1) is 0 Å². The highest BCUT2D eigenvalue weighted by Gasteiger charge is 2.02. The molecular weight excluding hydrogens is 322 g/mol. The van der Waals surface area contributed by atoms with Gasteiger partial charge in [0.2, 0.25) is 0 Å². The lowest BCUT2D eigenvalue weighted by Crippen LogP contribution is -2.05. The normalized spacial score (nSPS) is 10.1. The molecule has 0 aromatic heterocycles. The van der Waals surface area contributed by atoms with Gasteiger partial charge in [-0.05, 0) is 40.7 Å². The van der Waals surface area contributed by atoms with Crippen molar-refractivity contribution in [2.24, 2.45) is 0 Å². The molecule has 2 nitrogen and oxygen atoms in total. The van der Waals surface area contributed by atoms with Gasteiger partial charge in [-0.3, -0.25) is 0 Å². The second kappa shape index (κ2) is 6.30. The minimum absolute atomic E-state index is 0.476. The molecule has 0 spiro atoms. The van der Waals surface area contributed by atoms with Gasteiger partial charge >= 0.3 is 0 Å². The van der Waals surface area contributed by atoms with Crippen LogP contribution in [0.4, 0.5) is 0 Å². The Morgan fingerprint density at radius 2 is 2.27 bits per heavy atom. The minimum Gasteiger partial charge on any atom is -0.487 e. The molecule has 82 valence electrons. The van der Waals surface area contributed by atoms with Gasteiger partial charge in [0.1, 0.15) is 12.4 Å². The standard InChI is InChI=1S/C11H13Br2NO/c1-8(12)7-15-11-4-3-9(6-14-2)5-10(11)13/h3-5,14H,1,6-7H2,2H3. The maximum atomic E-state index is 5.52. The van der Waals surface area contributed by atoms with Gasteiger partial charge in [0, 0.05) is 11.0 Å². The van der Waals surface area contributed by atoms with Gasteiger partial charge in [0.15, 0.2) is 0 Å². The van der Waals surface area contributed by atoms with E-state index in [9.17, 15) is 0 Å². The average molecular weight is 335 g/mol. The summed E-state index contributed by atoms with van der Waals surface area (Å²) in [5.41, 5.74) is 1.22. The molecule has 0 aliphatic carbocycles. The Hall–Kier alpha value is -0.320. The molecule has 0 aliphatic rings. The summed E-state index contributed by atoms with van der Waals surface area (Å²) < 4.78 is 7.31. The van der Waals surface area contributed by atoms with Crippen molar-refractivity contribution in [3.05, 3.63) is 39.3 Å². The first kappa shape index (κ1) is 12.7. The van der Waals surface area contributed by atoms with Crippen molar-refractivity contribution in [3.63, 3.8) is 0 Å². The molecule has 0 bridgehead atoms. The summed E-state index contributed by atoms with van der Waals surface area (Å²) in [6.45, 7) is 5.04. The molecule has 1 rings (SSSR count). The van der Waals surface area contributed by atoms with Gasteiger partial charge in [-0.2, -0.15) is 0 Å². The van der Waals surface area contributed by atoms with Gasteiger partial charge in [0.25, 0.3) is 0 Å². The predicted molar refractivity (Wildman–Crippen MR) is 70.5 cm³/mol. The van der Waals surface area contributed by atoms with Gasteiger partial charge in [0.05, 0.1) is 4.47 Å². The number of halogens is 2. The minimum atomic E-state index is 0.476. The van der Waals surface area contributed by atoms with Crippen LogP contribution in [0.2, 0.25) is 0 Å². The van der Waals surface area contributed by atoms with E-state index in [1.807, 2.05) is 25.2 Å². The number of rotatable bonds is 5. The molecule has 0 fully saturated rings. The second-order valence-corrected chi connectivity index (χ2v) is 5.08. The summed E-state index contributed by atoms with van der Waals surface area (Å²) in [6.07, 6.45) is 0. The van der Waals surface area contributed by atoms with Crippen LogP contribution in [-0.2, 0) is 6.54 Å². The van der Waals surface area contributed by atoms with E-state index in [0.29, 0.717) is 6.61 Å². The first-order valence-corrected chi connectivity index (χ1v) is 6.11. The molecular formula is C11H13Br2NO. The molecule has 1 aromatic carbocycles. The fraction of sp³-hybridized carbons (Fsp3) is 0.273. The Balaban J connectivity index is 2.70. The lowest BCUT2D eigenvalue weighted by molar-refractivity contribution is 0.358.